The summed E-state index contributed by atoms with van der Waals surface area (Å²) in [7, 11) is 6.11. The van der Waals surface area contributed by atoms with Gasteiger partial charge < -0.3 is 9.47 Å². The highest BCUT2D eigenvalue weighted by atomic mass is 15.0. The zero-order chi connectivity index (χ0) is 9.40. The van der Waals surface area contributed by atoms with Gasteiger partial charge >= 0.3 is 0 Å². The summed E-state index contributed by atoms with van der Waals surface area (Å²) in [6.07, 6.45) is 6.65. The predicted molar refractivity (Wildman–Crippen MR) is 52.1 cm³/mol. The van der Waals surface area contributed by atoms with Crippen molar-refractivity contribution in [1.82, 2.24) is 14.5 Å². The summed E-state index contributed by atoms with van der Waals surface area (Å²) in [5.74, 6) is 0. The quantitative estimate of drug-likeness (QED) is 0.667. The van der Waals surface area contributed by atoms with Crippen molar-refractivity contribution in [3.05, 3.63) is 18.7 Å². The van der Waals surface area contributed by atoms with E-state index in [9.17, 15) is 0 Å². The summed E-state index contributed by atoms with van der Waals surface area (Å²) in [6.45, 7) is 3.39. The highest BCUT2D eigenvalue weighted by Crippen LogP contribution is 1.76. The molecule has 0 aromatic carbocycles. The SMILES string of the molecule is CCCN(C)C.Cn1ccnc1. The Morgan fingerprint density at radius 1 is 1.42 bits per heavy atom. The van der Waals surface area contributed by atoms with E-state index in [1.807, 2.05) is 17.8 Å². The van der Waals surface area contributed by atoms with E-state index in [1.165, 1.54) is 13.0 Å². The van der Waals surface area contributed by atoms with E-state index in [4.69, 9.17) is 0 Å². The molecule has 0 bridgehead atoms. The Balaban J connectivity index is 0.000000202. The lowest BCUT2D eigenvalue weighted by molar-refractivity contribution is 0.408. The second-order valence-electron chi connectivity index (χ2n) is 3.03. The van der Waals surface area contributed by atoms with Crippen molar-refractivity contribution in [2.45, 2.75) is 13.3 Å². The van der Waals surface area contributed by atoms with Crippen molar-refractivity contribution < 1.29 is 0 Å². The molecule has 0 aliphatic carbocycles. The van der Waals surface area contributed by atoms with Crippen molar-refractivity contribution in [2.75, 3.05) is 20.6 Å². The van der Waals surface area contributed by atoms with E-state index in [1.54, 1.807) is 12.5 Å². The molecule has 3 nitrogen and oxygen atoms in total. The Morgan fingerprint density at radius 2 is 2.08 bits per heavy atom. The van der Waals surface area contributed by atoms with Crippen LogP contribution in [-0.2, 0) is 7.05 Å². The second-order valence-corrected chi connectivity index (χ2v) is 3.03. The van der Waals surface area contributed by atoms with Crippen molar-refractivity contribution in [1.29, 1.82) is 0 Å². The molecule has 0 N–H and O–H groups in total. The molecule has 12 heavy (non-hydrogen) atoms. The molecule has 0 aliphatic rings. The largest absolute Gasteiger partial charge is 0.341 e. The predicted octanol–water partition coefficient (Wildman–Crippen LogP) is 1.38. The summed E-state index contributed by atoms with van der Waals surface area (Å²) in [6, 6.07) is 0. The van der Waals surface area contributed by atoms with E-state index in [-0.39, 0.29) is 0 Å². The number of rotatable bonds is 2. The van der Waals surface area contributed by atoms with Gasteiger partial charge in [0.2, 0.25) is 0 Å². The first-order valence-corrected chi connectivity index (χ1v) is 4.23. The molecule has 0 atom stereocenters. The van der Waals surface area contributed by atoms with Gasteiger partial charge in [-0.3, -0.25) is 0 Å². The van der Waals surface area contributed by atoms with Gasteiger partial charge in [-0.15, -0.1) is 0 Å². The van der Waals surface area contributed by atoms with Gasteiger partial charge in [-0.1, -0.05) is 6.92 Å². The standard InChI is InChI=1S/C5H13N.C4H6N2/c1-4-5-6(2)3;1-6-3-2-5-4-6/h4-5H2,1-3H3;2-4H,1H3. The minimum absolute atomic E-state index is 1.21. The van der Waals surface area contributed by atoms with E-state index < -0.39 is 0 Å². The third kappa shape index (κ3) is 7.28. The van der Waals surface area contributed by atoms with E-state index in [0.29, 0.717) is 0 Å². The van der Waals surface area contributed by atoms with Crippen LogP contribution in [0, 0.1) is 0 Å². The molecular formula is C9H19N3. The molecular weight excluding hydrogens is 150 g/mol. The topological polar surface area (TPSA) is 21.1 Å². The average Bonchev–Trinajstić information content (AvgIpc) is 2.40. The van der Waals surface area contributed by atoms with Crippen LogP contribution in [0.1, 0.15) is 13.3 Å². The molecule has 0 amide bonds. The first kappa shape index (κ1) is 11.2. The molecule has 0 fully saturated rings. The lowest BCUT2D eigenvalue weighted by Gasteiger charge is -2.03. The van der Waals surface area contributed by atoms with E-state index in [0.717, 1.165) is 0 Å². The molecule has 3 heteroatoms. The molecule has 0 radical (unpaired) electrons. The monoisotopic (exact) mass is 169 g/mol. The zero-order valence-corrected chi connectivity index (χ0v) is 8.49. The molecule has 0 saturated heterocycles. The van der Waals surface area contributed by atoms with Crippen LogP contribution in [0.3, 0.4) is 0 Å². The highest BCUT2D eigenvalue weighted by molar-refractivity contribution is 4.70. The van der Waals surface area contributed by atoms with Crippen LogP contribution >= 0.6 is 0 Å². The van der Waals surface area contributed by atoms with Crippen LogP contribution in [0.25, 0.3) is 0 Å². The molecule has 0 spiro atoms. The molecule has 1 aromatic heterocycles. The van der Waals surface area contributed by atoms with Crippen molar-refractivity contribution in [3.63, 3.8) is 0 Å². The van der Waals surface area contributed by atoms with Crippen LogP contribution in [0.2, 0.25) is 0 Å². The van der Waals surface area contributed by atoms with Gasteiger partial charge in [-0.05, 0) is 27.1 Å². The third-order valence-corrected chi connectivity index (χ3v) is 1.31. The van der Waals surface area contributed by atoms with Crippen molar-refractivity contribution >= 4 is 0 Å². The van der Waals surface area contributed by atoms with Crippen LogP contribution in [0.15, 0.2) is 18.7 Å². The Labute approximate surface area is 75.0 Å². The summed E-state index contributed by atoms with van der Waals surface area (Å²) in [4.78, 5) is 5.97. The van der Waals surface area contributed by atoms with Gasteiger partial charge in [-0.2, -0.15) is 0 Å². The van der Waals surface area contributed by atoms with Gasteiger partial charge in [-0.25, -0.2) is 4.98 Å². The van der Waals surface area contributed by atoms with E-state index >= 15 is 0 Å². The smallest absolute Gasteiger partial charge is 0.0943 e. The molecule has 0 aliphatic heterocycles. The summed E-state index contributed by atoms with van der Waals surface area (Å²) < 4.78 is 1.89. The summed E-state index contributed by atoms with van der Waals surface area (Å²) >= 11 is 0. The first-order chi connectivity index (χ1) is 5.66. The van der Waals surface area contributed by atoms with Gasteiger partial charge in [0.1, 0.15) is 0 Å². The van der Waals surface area contributed by atoms with Crippen LogP contribution < -0.4 is 0 Å². The second kappa shape index (κ2) is 6.85. The summed E-state index contributed by atoms with van der Waals surface area (Å²) in [5.41, 5.74) is 0. The number of aryl methyl sites for hydroxylation is 1. The number of hydrogen-bond donors (Lipinski definition) is 0. The highest BCUT2D eigenvalue weighted by Gasteiger charge is 1.79. The Morgan fingerprint density at radius 3 is 2.17 bits per heavy atom. The number of hydrogen-bond acceptors (Lipinski definition) is 2. The average molecular weight is 169 g/mol. The lowest BCUT2D eigenvalue weighted by atomic mass is 10.5. The third-order valence-electron chi connectivity index (χ3n) is 1.31. The molecule has 1 aromatic rings. The normalized spacial score (nSPS) is 9.42. The van der Waals surface area contributed by atoms with Crippen molar-refractivity contribution in [2.24, 2.45) is 7.05 Å². The van der Waals surface area contributed by atoms with E-state index in [2.05, 4.69) is 30.9 Å². The fourth-order valence-electron chi connectivity index (χ4n) is 0.773. The maximum atomic E-state index is 3.78. The molecule has 0 saturated carbocycles. The Bertz CT molecular complexity index is 168. The van der Waals surface area contributed by atoms with Crippen LogP contribution in [0.5, 0.6) is 0 Å². The molecule has 70 valence electrons. The van der Waals surface area contributed by atoms with Gasteiger partial charge in [0, 0.05) is 19.4 Å². The van der Waals surface area contributed by atoms with Crippen LogP contribution in [0.4, 0.5) is 0 Å². The maximum absolute atomic E-state index is 3.78. The summed E-state index contributed by atoms with van der Waals surface area (Å²) in [5, 5.41) is 0. The zero-order valence-electron chi connectivity index (χ0n) is 8.49. The maximum Gasteiger partial charge on any atom is 0.0943 e. The fourth-order valence-corrected chi connectivity index (χ4v) is 0.773. The minimum atomic E-state index is 1.21. The van der Waals surface area contributed by atoms with Gasteiger partial charge in [0.05, 0.1) is 6.33 Å². The number of aromatic nitrogens is 2. The number of nitrogens with zero attached hydrogens (tertiary/aromatic N) is 3. The van der Waals surface area contributed by atoms with Crippen molar-refractivity contribution in [3.8, 4) is 0 Å². The Hall–Kier alpha value is -0.830. The minimum Gasteiger partial charge on any atom is -0.341 e. The van der Waals surface area contributed by atoms with Crippen LogP contribution in [-0.4, -0.2) is 35.1 Å². The lowest BCUT2D eigenvalue weighted by Crippen LogP contribution is -2.11. The first-order valence-electron chi connectivity index (χ1n) is 4.23. The number of imidazole rings is 1. The molecule has 1 rings (SSSR count). The fraction of sp³-hybridized carbons (Fsp3) is 0.667. The Kier molecular flexibility index (Phi) is 6.38. The van der Waals surface area contributed by atoms with Gasteiger partial charge in [0.25, 0.3) is 0 Å². The molecule has 1 heterocycles. The van der Waals surface area contributed by atoms with Gasteiger partial charge in [0.15, 0.2) is 0 Å². The molecule has 0 unspecified atom stereocenters.